The third kappa shape index (κ3) is 1.28. The van der Waals surface area contributed by atoms with Crippen LogP contribution in [0.4, 0.5) is 0 Å². The zero-order valence-corrected chi connectivity index (χ0v) is 7.89. The highest BCUT2D eigenvalue weighted by molar-refractivity contribution is 7.17. The molecule has 3 nitrogen and oxygen atoms in total. The average molecular weight is 214 g/mol. The van der Waals surface area contributed by atoms with Gasteiger partial charge in [0, 0.05) is 0 Å². The van der Waals surface area contributed by atoms with E-state index in [0.29, 0.717) is 10.5 Å². The highest BCUT2D eigenvalue weighted by Crippen LogP contribution is 2.28. The van der Waals surface area contributed by atoms with Gasteiger partial charge in [-0.15, -0.1) is 11.3 Å². The second-order valence-corrected chi connectivity index (χ2v) is 3.69. The molecule has 0 atom stereocenters. The van der Waals surface area contributed by atoms with Crippen LogP contribution >= 0.6 is 22.9 Å². The number of halogens is 1. The number of aromatic nitrogens is 1. The first-order valence-electron chi connectivity index (χ1n) is 3.45. The fourth-order valence-corrected chi connectivity index (χ4v) is 2.10. The molecule has 13 heavy (non-hydrogen) atoms. The minimum absolute atomic E-state index is 0.195. The maximum atomic E-state index is 10.7. The van der Waals surface area contributed by atoms with Crippen molar-refractivity contribution in [2.24, 2.45) is 0 Å². The molecule has 0 saturated heterocycles. The Morgan fingerprint density at radius 1 is 1.54 bits per heavy atom. The van der Waals surface area contributed by atoms with E-state index in [4.69, 9.17) is 16.7 Å². The van der Waals surface area contributed by atoms with Crippen LogP contribution in [0.3, 0.4) is 0 Å². The Balaban J connectivity index is 2.86. The number of benzene rings is 1. The minimum Gasteiger partial charge on any atom is -0.478 e. The van der Waals surface area contributed by atoms with Crippen LogP contribution < -0.4 is 0 Å². The number of nitrogens with zero attached hydrogens (tertiary/aromatic N) is 1. The molecule has 0 aliphatic carbocycles. The van der Waals surface area contributed by atoms with Gasteiger partial charge in [-0.25, -0.2) is 9.78 Å². The molecule has 2 rings (SSSR count). The molecule has 1 N–H and O–H groups in total. The Hall–Kier alpha value is -1.13. The third-order valence-corrected chi connectivity index (χ3v) is 2.95. The molecular formula is C8H4ClNO2S. The normalized spacial score (nSPS) is 10.5. The average Bonchev–Trinajstić information content (AvgIpc) is 2.53. The van der Waals surface area contributed by atoms with Crippen LogP contribution in [0.5, 0.6) is 0 Å². The highest BCUT2D eigenvalue weighted by Gasteiger charge is 2.12. The van der Waals surface area contributed by atoms with E-state index in [1.807, 2.05) is 0 Å². The molecule has 1 aromatic heterocycles. The van der Waals surface area contributed by atoms with Gasteiger partial charge in [0.15, 0.2) is 0 Å². The van der Waals surface area contributed by atoms with Crippen molar-refractivity contribution < 1.29 is 9.90 Å². The first-order chi connectivity index (χ1) is 6.20. The first kappa shape index (κ1) is 8.47. The van der Waals surface area contributed by atoms with Gasteiger partial charge in [0.1, 0.15) is 0 Å². The van der Waals surface area contributed by atoms with Gasteiger partial charge in [0.05, 0.1) is 26.3 Å². The van der Waals surface area contributed by atoms with Gasteiger partial charge in [0.2, 0.25) is 0 Å². The molecule has 1 aromatic carbocycles. The van der Waals surface area contributed by atoms with Gasteiger partial charge in [-0.1, -0.05) is 11.6 Å². The van der Waals surface area contributed by atoms with E-state index in [9.17, 15) is 4.79 Å². The summed E-state index contributed by atoms with van der Waals surface area (Å²) in [5.41, 5.74) is 2.24. The molecular weight excluding hydrogens is 210 g/mol. The van der Waals surface area contributed by atoms with Crippen molar-refractivity contribution in [1.29, 1.82) is 0 Å². The topological polar surface area (TPSA) is 50.2 Å². The van der Waals surface area contributed by atoms with E-state index >= 15 is 0 Å². The summed E-state index contributed by atoms with van der Waals surface area (Å²) in [7, 11) is 0. The van der Waals surface area contributed by atoms with Gasteiger partial charge in [0.25, 0.3) is 0 Å². The van der Waals surface area contributed by atoms with Crippen LogP contribution in [0.1, 0.15) is 10.4 Å². The predicted octanol–water partition coefficient (Wildman–Crippen LogP) is 2.65. The van der Waals surface area contributed by atoms with Crippen LogP contribution in [-0.2, 0) is 0 Å². The zero-order valence-electron chi connectivity index (χ0n) is 6.32. The van der Waals surface area contributed by atoms with Crippen LogP contribution in [0.25, 0.3) is 10.2 Å². The largest absolute Gasteiger partial charge is 0.478 e. The van der Waals surface area contributed by atoms with Gasteiger partial charge >= 0.3 is 5.97 Å². The molecule has 0 radical (unpaired) electrons. The number of aromatic carboxylic acids is 1. The fourth-order valence-electron chi connectivity index (χ4n) is 1.09. The lowest BCUT2D eigenvalue weighted by Gasteiger charge is -1.96. The number of carboxylic acid groups (broad SMARTS) is 1. The monoisotopic (exact) mass is 213 g/mol. The van der Waals surface area contributed by atoms with Gasteiger partial charge < -0.3 is 5.11 Å². The van der Waals surface area contributed by atoms with E-state index < -0.39 is 5.97 Å². The van der Waals surface area contributed by atoms with Crippen LogP contribution in [-0.4, -0.2) is 16.1 Å². The molecule has 0 fully saturated rings. The summed E-state index contributed by atoms with van der Waals surface area (Å²) in [6.07, 6.45) is 0. The van der Waals surface area contributed by atoms with Crippen molar-refractivity contribution in [2.75, 3.05) is 0 Å². The summed E-state index contributed by atoms with van der Waals surface area (Å²) in [5, 5.41) is 9.36. The van der Waals surface area contributed by atoms with Crippen molar-refractivity contribution in [2.45, 2.75) is 0 Å². The summed E-state index contributed by atoms with van der Waals surface area (Å²) in [6, 6.07) is 3.04. The van der Waals surface area contributed by atoms with Crippen molar-refractivity contribution >= 4 is 39.1 Å². The Labute approximate surface area is 82.6 Å². The Kier molecular flexibility index (Phi) is 1.94. The quantitative estimate of drug-likeness (QED) is 0.792. The number of hydrogen-bond donors (Lipinski definition) is 1. The van der Waals surface area contributed by atoms with Crippen molar-refractivity contribution in [1.82, 2.24) is 4.98 Å². The van der Waals surface area contributed by atoms with Gasteiger partial charge in [-0.05, 0) is 12.1 Å². The number of thiazole rings is 1. The number of carbonyl (C=O) groups is 1. The van der Waals surface area contributed by atoms with Crippen LogP contribution in [0.2, 0.25) is 5.02 Å². The lowest BCUT2D eigenvalue weighted by Crippen LogP contribution is -1.96. The maximum absolute atomic E-state index is 10.7. The molecule has 66 valence electrons. The fraction of sp³-hybridized carbons (Fsp3) is 0. The van der Waals surface area contributed by atoms with E-state index in [2.05, 4.69) is 4.98 Å². The van der Waals surface area contributed by atoms with Gasteiger partial charge in [-0.2, -0.15) is 0 Å². The summed E-state index contributed by atoms with van der Waals surface area (Å²) in [5.74, 6) is -0.979. The minimum atomic E-state index is -0.979. The van der Waals surface area contributed by atoms with Gasteiger partial charge in [-0.3, -0.25) is 0 Å². The van der Waals surface area contributed by atoms with Crippen molar-refractivity contribution in [3.63, 3.8) is 0 Å². The second kappa shape index (κ2) is 2.97. The predicted molar refractivity (Wildman–Crippen MR) is 51.6 cm³/mol. The Morgan fingerprint density at radius 2 is 2.31 bits per heavy atom. The smallest absolute Gasteiger partial charge is 0.337 e. The number of fused-ring (bicyclic) bond motifs is 1. The molecule has 0 spiro atoms. The standard InChI is InChI=1S/C8H4ClNO2S/c9-5-2-1-4(8(11)12)6-7(5)13-3-10-6/h1-3H,(H,11,12). The van der Waals surface area contributed by atoms with Crippen molar-refractivity contribution in [3.8, 4) is 0 Å². The summed E-state index contributed by atoms with van der Waals surface area (Å²) in [6.45, 7) is 0. The molecule has 2 aromatic rings. The molecule has 0 amide bonds. The molecule has 0 bridgehead atoms. The van der Waals surface area contributed by atoms with E-state index in [1.165, 1.54) is 17.4 Å². The van der Waals surface area contributed by atoms with E-state index in [0.717, 1.165) is 4.70 Å². The summed E-state index contributed by atoms with van der Waals surface area (Å²) < 4.78 is 0.724. The second-order valence-electron chi connectivity index (χ2n) is 2.43. The van der Waals surface area contributed by atoms with Crippen LogP contribution in [0.15, 0.2) is 17.6 Å². The Bertz CT molecular complexity index is 480. The number of hydrogen-bond acceptors (Lipinski definition) is 3. The molecule has 0 aliphatic rings. The molecule has 5 heteroatoms. The third-order valence-electron chi connectivity index (χ3n) is 1.67. The molecule has 1 heterocycles. The molecule has 0 saturated carbocycles. The lowest BCUT2D eigenvalue weighted by atomic mass is 10.2. The maximum Gasteiger partial charge on any atom is 0.337 e. The van der Waals surface area contributed by atoms with Crippen molar-refractivity contribution in [3.05, 3.63) is 28.2 Å². The first-order valence-corrected chi connectivity index (χ1v) is 4.71. The SMILES string of the molecule is O=C(O)c1ccc(Cl)c2scnc12. The summed E-state index contributed by atoms with van der Waals surface area (Å²) in [4.78, 5) is 14.7. The highest BCUT2D eigenvalue weighted by atomic mass is 35.5. The van der Waals surface area contributed by atoms with E-state index in [1.54, 1.807) is 11.6 Å². The zero-order chi connectivity index (χ0) is 9.42. The molecule has 0 aliphatic heterocycles. The van der Waals surface area contributed by atoms with E-state index in [-0.39, 0.29) is 5.56 Å². The summed E-state index contributed by atoms with van der Waals surface area (Å²) >= 11 is 7.19. The Morgan fingerprint density at radius 3 is 3.00 bits per heavy atom. The van der Waals surface area contributed by atoms with Crippen LogP contribution in [0, 0.1) is 0 Å². The number of rotatable bonds is 1. The number of carboxylic acids is 1. The lowest BCUT2D eigenvalue weighted by molar-refractivity contribution is 0.0699. The molecule has 0 unspecified atom stereocenters.